The van der Waals surface area contributed by atoms with Crippen molar-refractivity contribution in [3.8, 4) is 0 Å². The van der Waals surface area contributed by atoms with Gasteiger partial charge in [-0.15, -0.1) is 0 Å². The molecule has 0 fully saturated rings. The molecule has 70 heavy (non-hydrogen) atoms. The maximum absolute atomic E-state index is 12.5. The Hall–Kier alpha value is -1.40. The van der Waals surface area contributed by atoms with E-state index in [2.05, 4.69) is 19.2 Å². The van der Waals surface area contributed by atoms with Crippen LogP contribution in [0, 0.1) is 0 Å². The minimum atomic E-state index is -0.846. The van der Waals surface area contributed by atoms with Crippen LogP contribution in [-0.2, 0) is 14.3 Å². The normalized spacial score (nSPS) is 12.6. The molecule has 0 bridgehead atoms. The highest BCUT2D eigenvalue weighted by Crippen LogP contribution is 2.18. The summed E-state index contributed by atoms with van der Waals surface area (Å²) in [6, 6.07) is -0.629. The van der Waals surface area contributed by atoms with E-state index >= 15 is 0 Å². The topological polar surface area (TPSA) is 95.9 Å². The van der Waals surface area contributed by atoms with Crippen LogP contribution in [0.15, 0.2) is 12.2 Å². The van der Waals surface area contributed by atoms with Crippen LogP contribution < -0.4 is 5.32 Å². The fourth-order valence-corrected chi connectivity index (χ4v) is 10.2. The predicted octanol–water partition coefficient (Wildman–Crippen LogP) is 20.0. The Labute approximate surface area is 438 Å². The number of amides is 1. The zero-order valence-electron chi connectivity index (χ0n) is 47.5. The molecular weight excluding hydrogens is 863 g/mol. The molecule has 6 nitrogen and oxygen atoms in total. The SMILES string of the molecule is CCCCCCCCCCCCCCCCCCCCC/C=C/C(O)C(CO)NC(=O)CCCCCCCCCCCCCCCCCCCCCCOC(=O)CCCCCCCCCCCCCC. The lowest BCUT2D eigenvalue weighted by Gasteiger charge is -2.20. The highest BCUT2D eigenvalue weighted by Gasteiger charge is 2.18. The Morgan fingerprint density at radius 2 is 0.657 bits per heavy atom. The summed E-state index contributed by atoms with van der Waals surface area (Å²) in [5.74, 6) is -0.0543. The Morgan fingerprint density at radius 3 is 0.971 bits per heavy atom. The van der Waals surface area contributed by atoms with E-state index in [4.69, 9.17) is 4.74 Å². The molecule has 0 spiro atoms. The molecule has 0 heterocycles. The summed E-state index contributed by atoms with van der Waals surface area (Å²) >= 11 is 0. The standard InChI is InChI=1S/C64H125NO5/c1-3-5-7-9-11-13-15-17-18-19-20-21-24-27-30-33-36-40-44-48-52-56-62(67)61(60-66)65-63(68)57-53-49-45-41-37-34-31-28-25-22-23-26-29-32-35-39-43-47-51-55-59-70-64(69)58-54-50-46-42-38-16-14-12-10-8-6-4-2/h52,56,61-62,66-67H,3-51,53-55,57-60H2,1-2H3,(H,65,68)/b56-52+. The number of aliphatic hydroxyl groups excluding tert-OH is 2. The number of hydrogen-bond acceptors (Lipinski definition) is 5. The second-order valence-corrected chi connectivity index (χ2v) is 22.1. The van der Waals surface area contributed by atoms with Crippen LogP contribution in [0.2, 0.25) is 0 Å². The van der Waals surface area contributed by atoms with Crippen LogP contribution >= 0.6 is 0 Å². The highest BCUT2D eigenvalue weighted by atomic mass is 16.5. The van der Waals surface area contributed by atoms with Crippen molar-refractivity contribution in [2.45, 2.75) is 373 Å². The molecule has 0 saturated carbocycles. The first-order valence-corrected chi connectivity index (χ1v) is 32.0. The molecule has 0 aliphatic heterocycles. The van der Waals surface area contributed by atoms with Gasteiger partial charge in [-0.2, -0.15) is 0 Å². The van der Waals surface area contributed by atoms with Gasteiger partial charge in [0, 0.05) is 12.8 Å². The van der Waals surface area contributed by atoms with E-state index in [0.29, 0.717) is 19.4 Å². The maximum Gasteiger partial charge on any atom is 0.305 e. The number of ether oxygens (including phenoxy) is 1. The summed E-state index contributed by atoms with van der Waals surface area (Å²) in [4.78, 5) is 24.5. The molecule has 0 radical (unpaired) electrons. The third kappa shape index (κ3) is 55.9. The van der Waals surface area contributed by atoms with Gasteiger partial charge in [0.1, 0.15) is 0 Å². The van der Waals surface area contributed by atoms with Crippen LogP contribution in [0.3, 0.4) is 0 Å². The molecule has 0 aliphatic carbocycles. The Morgan fingerprint density at radius 1 is 0.386 bits per heavy atom. The molecular formula is C64H125NO5. The van der Waals surface area contributed by atoms with Crippen LogP contribution in [0.1, 0.15) is 361 Å². The lowest BCUT2D eigenvalue weighted by atomic mass is 10.0. The smallest absolute Gasteiger partial charge is 0.305 e. The molecule has 0 aromatic heterocycles. The average molecular weight is 989 g/mol. The van der Waals surface area contributed by atoms with Gasteiger partial charge in [0.15, 0.2) is 0 Å². The number of hydrogen-bond donors (Lipinski definition) is 3. The summed E-state index contributed by atoms with van der Waals surface area (Å²) in [5, 5.41) is 23.2. The summed E-state index contributed by atoms with van der Waals surface area (Å²) in [5.41, 5.74) is 0. The van der Waals surface area contributed by atoms with E-state index in [0.717, 1.165) is 38.5 Å². The molecule has 3 N–H and O–H groups in total. The number of carbonyl (C=O) groups is 2. The molecule has 0 aromatic carbocycles. The van der Waals surface area contributed by atoms with Gasteiger partial charge >= 0.3 is 5.97 Å². The lowest BCUT2D eigenvalue weighted by molar-refractivity contribution is -0.143. The van der Waals surface area contributed by atoms with Crippen LogP contribution in [0.5, 0.6) is 0 Å². The molecule has 0 aromatic rings. The van der Waals surface area contributed by atoms with Crippen molar-refractivity contribution in [1.82, 2.24) is 5.32 Å². The molecule has 2 atom stereocenters. The summed E-state index contributed by atoms with van der Waals surface area (Å²) in [6.45, 7) is 4.93. The van der Waals surface area contributed by atoms with Gasteiger partial charge in [-0.3, -0.25) is 9.59 Å². The number of carbonyl (C=O) groups excluding carboxylic acids is 2. The number of rotatable bonds is 60. The van der Waals surface area contributed by atoms with Crippen molar-refractivity contribution in [3.63, 3.8) is 0 Å². The van der Waals surface area contributed by atoms with Crippen molar-refractivity contribution in [3.05, 3.63) is 12.2 Å². The van der Waals surface area contributed by atoms with Gasteiger partial charge in [-0.05, 0) is 32.1 Å². The third-order valence-corrected chi connectivity index (χ3v) is 15.1. The van der Waals surface area contributed by atoms with E-state index in [1.807, 2.05) is 6.08 Å². The van der Waals surface area contributed by atoms with Gasteiger partial charge in [0.05, 0.1) is 25.4 Å². The predicted molar refractivity (Wildman–Crippen MR) is 306 cm³/mol. The quantitative estimate of drug-likeness (QED) is 0.0321. The molecule has 0 aliphatic rings. The van der Waals surface area contributed by atoms with Crippen LogP contribution in [0.4, 0.5) is 0 Å². The Balaban J connectivity index is 3.42. The molecule has 1 amide bonds. The third-order valence-electron chi connectivity index (χ3n) is 15.1. The molecule has 6 heteroatoms. The zero-order chi connectivity index (χ0) is 50.7. The molecule has 0 saturated heterocycles. The number of aliphatic hydroxyl groups is 2. The van der Waals surface area contributed by atoms with Crippen molar-refractivity contribution < 1.29 is 24.5 Å². The first-order chi connectivity index (χ1) is 34.5. The number of allylic oxidation sites excluding steroid dienone is 1. The molecule has 416 valence electrons. The van der Waals surface area contributed by atoms with Gasteiger partial charge in [0.2, 0.25) is 5.91 Å². The van der Waals surface area contributed by atoms with Gasteiger partial charge < -0.3 is 20.3 Å². The summed E-state index contributed by atoms with van der Waals surface area (Å²) in [7, 11) is 0. The number of esters is 1. The van der Waals surface area contributed by atoms with Crippen LogP contribution in [-0.4, -0.2) is 47.4 Å². The molecule has 2 unspecified atom stereocenters. The molecule has 0 rings (SSSR count). The fourth-order valence-electron chi connectivity index (χ4n) is 10.2. The average Bonchev–Trinajstić information content (AvgIpc) is 3.36. The first kappa shape index (κ1) is 68.6. The maximum atomic E-state index is 12.5. The van der Waals surface area contributed by atoms with Crippen molar-refractivity contribution >= 4 is 11.9 Å². The van der Waals surface area contributed by atoms with E-state index in [1.165, 1.54) is 295 Å². The van der Waals surface area contributed by atoms with Gasteiger partial charge in [-0.25, -0.2) is 0 Å². The first-order valence-electron chi connectivity index (χ1n) is 32.0. The second kappa shape index (κ2) is 60.2. The highest BCUT2D eigenvalue weighted by molar-refractivity contribution is 5.76. The Kier molecular flexibility index (Phi) is 59.0. The summed E-state index contributed by atoms with van der Waals surface area (Å²) < 4.78 is 5.47. The largest absolute Gasteiger partial charge is 0.466 e. The van der Waals surface area contributed by atoms with Crippen molar-refractivity contribution in [2.24, 2.45) is 0 Å². The zero-order valence-corrected chi connectivity index (χ0v) is 47.5. The monoisotopic (exact) mass is 988 g/mol. The van der Waals surface area contributed by atoms with Gasteiger partial charge in [0.25, 0.3) is 0 Å². The second-order valence-electron chi connectivity index (χ2n) is 22.1. The number of nitrogens with one attached hydrogen (secondary N) is 1. The Bertz CT molecular complexity index is 1050. The van der Waals surface area contributed by atoms with Gasteiger partial charge in [-0.1, -0.05) is 328 Å². The van der Waals surface area contributed by atoms with E-state index in [1.54, 1.807) is 6.08 Å². The van der Waals surface area contributed by atoms with Crippen molar-refractivity contribution in [1.29, 1.82) is 0 Å². The van der Waals surface area contributed by atoms with Crippen LogP contribution in [0.25, 0.3) is 0 Å². The minimum absolute atomic E-state index is 0.0115. The van der Waals surface area contributed by atoms with Crippen molar-refractivity contribution in [2.75, 3.05) is 13.2 Å². The van der Waals surface area contributed by atoms with E-state index in [9.17, 15) is 19.8 Å². The van der Waals surface area contributed by atoms with E-state index in [-0.39, 0.29) is 18.5 Å². The lowest BCUT2D eigenvalue weighted by Crippen LogP contribution is -2.45. The fraction of sp³-hybridized carbons (Fsp3) is 0.938. The minimum Gasteiger partial charge on any atom is -0.466 e. The number of unbranched alkanes of at least 4 members (excludes halogenated alkanes) is 49. The van der Waals surface area contributed by atoms with E-state index < -0.39 is 12.1 Å². The summed E-state index contributed by atoms with van der Waals surface area (Å²) in [6.07, 6.45) is 72.5.